The van der Waals surface area contributed by atoms with Crippen LogP contribution in [0.2, 0.25) is 0 Å². The SMILES string of the molecule is CC(C=O)C(O)Cc1ccc(C(C)(C)C)cc1. The lowest BCUT2D eigenvalue weighted by Crippen LogP contribution is -2.21. The number of aldehydes is 1. The Morgan fingerprint density at radius 2 is 1.76 bits per heavy atom. The molecule has 0 heterocycles. The van der Waals surface area contributed by atoms with Gasteiger partial charge in [0.05, 0.1) is 6.10 Å². The van der Waals surface area contributed by atoms with Crippen molar-refractivity contribution >= 4 is 6.29 Å². The second kappa shape index (κ2) is 5.46. The van der Waals surface area contributed by atoms with Crippen LogP contribution in [0.15, 0.2) is 24.3 Å². The molecule has 0 aliphatic heterocycles. The van der Waals surface area contributed by atoms with Gasteiger partial charge in [-0.3, -0.25) is 0 Å². The number of carbonyl (C=O) groups excluding carboxylic acids is 1. The Balaban J connectivity index is 2.72. The van der Waals surface area contributed by atoms with Crippen molar-refractivity contribution in [2.75, 3.05) is 0 Å². The van der Waals surface area contributed by atoms with Gasteiger partial charge in [0.25, 0.3) is 0 Å². The Kier molecular flexibility index (Phi) is 4.47. The first kappa shape index (κ1) is 13.9. The summed E-state index contributed by atoms with van der Waals surface area (Å²) in [6, 6.07) is 8.24. The normalized spacial score (nSPS) is 15.4. The minimum absolute atomic E-state index is 0.146. The van der Waals surface area contributed by atoms with Gasteiger partial charge in [0, 0.05) is 5.92 Å². The van der Waals surface area contributed by atoms with Gasteiger partial charge >= 0.3 is 0 Å². The third-order valence-electron chi connectivity index (χ3n) is 3.09. The highest BCUT2D eigenvalue weighted by Crippen LogP contribution is 2.22. The zero-order valence-electron chi connectivity index (χ0n) is 11.1. The van der Waals surface area contributed by atoms with Crippen LogP contribution in [0.4, 0.5) is 0 Å². The Bertz CT molecular complexity index is 360. The Morgan fingerprint density at radius 1 is 1.24 bits per heavy atom. The summed E-state index contributed by atoms with van der Waals surface area (Å²) in [6.45, 7) is 8.25. The molecule has 1 rings (SSSR count). The Labute approximate surface area is 104 Å². The molecule has 0 aromatic heterocycles. The molecule has 94 valence electrons. The predicted molar refractivity (Wildman–Crippen MR) is 70.1 cm³/mol. The van der Waals surface area contributed by atoms with Crippen molar-refractivity contribution in [3.05, 3.63) is 35.4 Å². The molecule has 0 spiro atoms. The molecule has 0 fully saturated rings. The minimum atomic E-state index is -0.590. The zero-order chi connectivity index (χ0) is 13.1. The molecule has 0 amide bonds. The van der Waals surface area contributed by atoms with Crippen molar-refractivity contribution in [1.29, 1.82) is 0 Å². The summed E-state index contributed by atoms with van der Waals surface area (Å²) in [5.41, 5.74) is 2.49. The van der Waals surface area contributed by atoms with E-state index in [4.69, 9.17) is 0 Å². The lowest BCUT2D eigenvalue weighted by Gasteiger charge is -2.20. The molecule has 1 N–H and O–H groups in total. The average Bonchev–Trinajstić information content (AvgIpc) is 2.27. The molecule has 0 bridgehead atoms. The average molecular weight is 234 g/mol. The summed E-state index contributed by atoms with van der Waals surface area (Å²) in [5.74, 6) is -0.308. The molecule has 0 aliphatic rings. The molecule has 0 aliphatic carbocycles. The van der Waals surface area contributed by atoms with Gasteiger partial charge in [-0.05, 0) is 23.0 Å². The molecular weight excluding hydrogens is 212 g/mol. The Morgan fingerprint density at radius 3 is 2.18 bits per heavy atom. The molecule has 0 radical (unpaired) electrons. The maximum Gasteiger partial charge on any atom is 0.125 e. The third-order valence-corrected chi connectivity index (χ3v) is 3.09. The van der Waals surface area contributed by atoms with Crippen LogP contribution in [0.25, 0.3) is 0 Å². The van der Waals surface area contributed by atoms with Crippen LogP contribution in [-0.4, -0.2) is 17.5 Å². The van der Waals surface area contributed by atoms with E-state index in [1.54, 1.807) is 6.92 Å². The van der Waals surface area contributed by atoms with Gasteiger partial charge in [-0.1, -0.05) is 52.0 Å². The summed E-state index contributed by atoms with van der Waals surface area (Å²) in [5, 5.41) is 9.77. The van der Waals surface area contributed by atoms with Crippen molar-refractivity contribution in [1.82, 2.24) is 0 Å². The highest BCUT2D eigenvalue weighted by atomic mass is 16.3. The maximum atomic E-state index is 10.6. The third kappa shape index (κ3) is 3.97. The van der Waals surface area contributed by atoms with E-state index < -0.39 is 6.10 Å². The fraction of sp³-hybridized carbons (Fsp3) is 0.533. The molecule has 1 aromatic rings. The number of aliphatic hydroxyl groups excluding tert-OH is 1. The standard InChI is InChI=1S/C15H22O2/c1-11(10-16)14(17)9-12-5-7-13(8-6-12)15(2,3)4/h5-8,10-11,14,17H,9H2,1-4H3. The van der Waals surface area contributed by atoms with E-state index in [1.165, 1.54) is 5.56 Å². The smallest absolute Gasteiger partial charge is 0.125 e. The molecule has 17 heavy (non-hydrogen) atoms. The number of carbonyl (C=O) groups is 1. The van der Waals surface area contributed by atoms with Gasteiger partial charge in [-0.2, -0.15) is 0 Å². The van der Waals surface area contributed by atoms with Crippen LogP contribution in [0.5, 0.6) is 0 Å². The topological polar surface area (TPSA) is 37.3 Å². The van der Waals surface area contributed by atoms with Crippen molar-refractivity contribution in [2.24, 2.45) is 5.92 Å². The quantitative estimate of drug-likeness (QED) is 0.813. The van der Waals surface area contributed by atoms with Crippen LogP contribution in [0.3, 0.4) is 0 Å². The molecule has 2 nitrogen and oxygen atoms in total. The minimum Gasteiger partial charge on any atom is -0.392 e. The second-order valence-electron chi connectivity index (χ2n) is 5.71. The lowest BCUT2D eigenvalue weighted by molar-refractivity contribution is -0.113. The van der Waals surface area contributed by atoms with Crippen molar-refractivity contribution < 1.29 is 9.90 Å². The van der Waals surface area contributed by atoms with Crippen molar-refractivity contribution in [3.63, 3.8) is 0 Å². The van der Waals surface area contributed by atoms with Gasteiger partial charge in [-0.25, -0.2) is 0 Å². The fourth-order valence-electron chi connectivity index (χ4n) is 1.66. The molecule has 0 saturated heterocycles. The number of aliphatic hydroxyl groups is 1. The maximum absolute atomic E-state index is 10.6. The van der Waals surface area contributed by atoms with E-state index in [0.717, 1.165) is 11.8 Å². The van der Waals surface area contributed by atoms with Gasteiger partial charge in [0.1, 0.15) is 6.29 Å². The van der Waals surface area contributed by atoms with E-state index in [0.29, 0.717) is 6.42 Å². The summed E-state index contributed by atoms with van der Waals surface area (Å²) in [6.07, 6.45) is 0.742. The van der Waals surface area contributed by atoms with Crippen LogP contribution >= 0.6 is 0 Å². The Hall–Kier alpha value is -1.15. The second-order valence-corrected chi connectivity index (χ2v) is 5.71. The van der Waals surface area contributed by atoms with Crippen molar-refractivity contribution in [2.45, 2.75) is 45.6 Å². The monoisotopic (exact) mass is 234 g/mol. The number of benzene rings is 1. The molecular formula is C15H22O2. The summed E-state index contributed by atoms with van der Waals surface area (Å²) in [7, 11) is 0. The van der Waals surface area contributed by atoms with E-state index in [9.17, 15) is 9.90 Å². The van der Waals surface area contributed by atoms with E-state index in [1.807, 2.05) is 12.1 Å². The first-order chi connectivity index (χ1) is 7.84. The fourth-order valence-corrected chi connectivity index (χ4v) is 1.66. The van der Waals surface area contributed by atoms with Crippen LogP contribution in [-0.2, 0) is 16.6 Å². The summed E-state index contributed by atoms with van der Waals surface area (Å²) in [4.78, 5) is 10.6. The van der Waals surface area contributed by atoms with Gasteiger partial charge in [-0.15, -0.1) is 0 Å². The highest BCUT2D eigenvalue weighted by molar-refractivity contribution is 5.53. The van der Waals surface area contributed by atoms with E-state index >= 15 is 0 Å². The van der Waals surface area contributed by atoms with Crippen LogP contribution < -0.4 is 0 Å². The lowest BCUT2D eigenvalue weighted by atomic mass is 9.86. The van der Waals surface area contributed by atoms with E-state index in [-0.39, 0.29) is 11.3 Å². The largest absolute Gasteiger partial charge is 0.392 e. The van der Waals surface area contributed by atoms with Crippen molar-refractivity contribution in [3.8, 4) is 0 Å². The van der Waals surface area contributed by atoms with Gasteiger partial charge in [0.2, 0.25) is 0 Å². The van der Waals surface area contributed by atoms with E-state index in [2.05, 4.69) is 32.9 Å². The molecule has 2 unspecified atom stereocenters. The molecule has 2 atom stereocenters. The van der Waals surface area contributed by atoms with Crippen LogP contribution in [0, 0.1) is 5.92 Å². The van der Waals surface area contributed by atoms with Gasteiger partial charge in [0.15, 0.2) is 0 Å². The van der Waals surface area contributed by atoms with Crippen LogP contribution in [0.1, 0.15) is 38.8 Å². The molecule has 1 aromatic carbocycles. The van der Waals surface area contributed by atoms with Gasteiger partial charge < -0.3 is 9.90 Å². The first-order valence-electron chi connectivity index (χ1n) is 6.07. The molecule has 0 saturated carbocycles. The summed E-state index contributed by atoms with van der Waals surface area (Å²) < 4.78 is 0. The number of hydrogen-bond acceptors (Lipinski definition) is 2. The number of rotatable bonds is 4. The molecule has 2 heteroatoms. The highest BCUT2D eigenvalue weighted by Gasteiger charge is 2.15. The zero-order valence-corrected chi connectivity index (χ0v) is 11.1. The summed E-state index contributed by atoms with van der Waals surface area (Å²) >= 11 is 0. The predicted octanol–water partition coefficient (Wildman–Crippen LogP) is 2.72. The number of hydrogen-bond donors (Lipinski definition) is 1. The first-order valence-corrected chi connectivity index (χ1v) is 6.07.